The Morgan fingerprint density at radius 3 is 2.70 bits per heavy atom. The molecule has 0 aliphatic carbocycles. The number of thioether (sulfide) groups is 1. The number of ether oxygens (including phenoxy) is 1. The van der Waals surface area contributed by atoms with Gasteiger partial charge in [0.1, 0.15) is 12.4 Å². The maximum atomic E-state index is 13.2. The number of fused-ring (bicyclic) bond motifs is 1. The third-order valence-corrected chi connectivity index (χ3v) is 4.52. The normalized spacial score (nSPS) is 21.1. The van der Waals surface area contributed by atoms with E-state index in [2.05, 4.69) is 0 Å². The van der Waals surface area contributed by atoms with Gasteiger partial charge in [0.25, 0.3) is 0 Å². The predicted octanol–water partition coefficient (Wildman–Crippen LogP) is 3.52. The van der Waals surface area contributed by atoms with E-state index in [0.29, 0.717) is 11.5 Å². The van der Waals surface area contributed by atoms with Crippen LogP contribution in [0.3, 0.4) is 0 Å². The highest BCUT2D eigenvalue weighted by Crippen LogP contribution is 2.38. The molecule has 0 amide bonds. The number of rotatable bonds is 2. The first-order valence-electron chi connectivity index (χ1n) is 6.24. The van der Waals surface area contributed by atoms with Crippen LogP contribution < -0.4 is 10.5 Å². The number of hydrogen-bond donors (Lipinski definition) is 1. The number of hydrogen-bond acceptors (Lipinski definition) is 3. The lowest BCUT2D eigenvalue weighted by Crippen LogP contribution is -2.33. The van der Waals surface area contributed by atoms with Crippen LogP contribution in [0.4, 0.5) is 8.78 Å². The Kier molecular flexibility index (Phi) is 3.63. The molecular formula is C15H13F2NOS. The van der Waals surface area contributed by atoms with Crippen molar-refractivity contribution in [3.8, 4) is 5.75 Å². The average molecular weight is 293 g/mol. The van der Waals surface area contributed by atoms with E-state index < -0.39 is 11.6 Å². The molecule has 0 fully saturated rings. The highest BCUT2D eigenvalue weighted by Gasteiger charge is 2.28. The summed E-state index contributed by atoms with van der Waals surface area (Å²) in [5.41, 5.74) is 7.18. The molecule has 1 aliphatic rings. The molecule has 5 heteroatoms. The van der Waals surface area contributed by atoms with Gasteiger partial charge >= 0.3 is 0 Å². The molecule has 1 heterocycles. The lowest BCUT2D eigenvalue weighted by atomic mass is 10.0. The molecule has 2 unspecified atom stereocenters. The van der Waals surface area contributed by atoms with Gasteiger partial charge in [-0.3, -0.25) is 0 Å². The smallest absolute Gasteiger partial charge is 0.159 e. The zero-order valence-corrected chi connectivity index (χ0v) is 11.4. The van der Waals surface area contributed by atoms with Gasteiger partial charge in [-0.15, -0.1) is 11.8 Å². The predicted molar refractivity (Wildman–Crippen MR) is 74.9 cm³/mol. The fourth-order valence-electron chi connectivity index (χ4n) is 2.20. The van der Waals surface area contributed by atoms with Crippen molar-refractivity contribution in [3.05, 3.63) is 59.7 Å². The van der Waals surface area contributed by atoms with Crippen LogP contribution in [0.1, 0.15) is 11.6 Å². The van der Waals surface area contributed by atoms with Crippen molar-refractivity contribution in [1.82, 2.24) is 0 Å². The van der Waals surface area contributed by atoms with Crippen LogP contribution in [-0.4, -0.2) is 11.9 Å². The van der Waals surface area contributed by atoms with Crippen LogP contribution in [0.15, 0.2) is 47.4 Å². The summed E-state index contributed by atoms with van der Waals surface area (Å²) < 4.78 is 31.8. The third-order valence-electron chi connectivity index (χ3n) is 3.26. The van der Waals surface area contributed by atoms with E-state index >= 15 is 0 Å². The molecular weight excluding hydrogens is 280 g/mol. The lowest BCUT2D eigenvalue weighted by Gasteiger charge is -2.30. The Morgan fingerprint density at radius 1 is 1.10 bits per heavy atom. The van der Waals surface area contributed by atoms with E-state index in [-0.39, 0.29) is 11.3 Å². The average Bonchev–Trinajstić information content (AvgIpc) is 2.46. The number of benzene rings is 2. The minimum atomic E-state index is -0.847. The van der Waals surface area contributed by atoms with E-state index in [1.54, 1.807) is 6.07 Å². The first-order chi connectivity index (χ1) is 9.65. The van der Waals surface area contributed by atoms with Crippen molar-refractivity contribution in [1.29, 1.82) is 0 Å². The summed E-state index contributed by atoms with van der Waals surface area (Å²) >= 11 is 1.40. The Labute approximate surface area is 119 Å². The molecule has 3 rings (SSSR count). The van der Waals surface area contributed by atoms with Crippen molar-refractivity contribution in [2.75, 3.05) is 6.61 Å². The van der Waals surface area contributed by atoms with Crippen LogP contribution >= 0.6 is 11.8 Å². The van der Waals surface area contributed by atoms with E-state index in [1.807, 2.05) is 24.3 Å². The van der Waals surface area contributed by atoms with Crippen LogP contribution in [0.5, 0.6) is 5.75 Å². The molecule has 0 aromatic heterocycles. The van der Waals surface area contributed by atoms with Gasteiger partial charge < -0.3 is 10.5 Å². The highest BCUT2D eigenvalue weighted by atomic mass is 32.2. The molecule has 0 bridgehead atoms. The van der Waals surface area contributed by atoms with Crippen LogP contribution in [0.2, 0.25) is 0 Å². The van der Waals surface area contributed by atoms with Gasteiger partial charge in [-0.05, 0) is 24.3 Å². The van der Waals surface area contributed by atoms with Crippen molar-refractivity contribution in [3.63, 3.8) is 0 Å². The van der Waals surface area contributed by atoms with Crippen molar-refractivity contribution in [2.45, 2.75) is 16.2 Å². The molecule has 2 nitrogen and oxygen atoms in total. The second kappa shape index (κ2) is 5.42. The van der Waals surface area contributed by atoms with Crippen molar-refractivity contribution < 1.29 is 13.5 Å². The minimum Gasteiger partial charge on any atom is -0.492 e. The van der Waals surface area contributed by atoms with Gasteiger partial charge in [-0.25, -0.2) is 8.78 Å². The number of nitrogens with two attached hydrogens (primary N) is 1. The molecule has 2 atom stereocenters. The van der Waals surface area contributed by atoms with Gasteiger partial charge in [0.05, 0.1) is 5.25 Å². The van der Waals surface area contributed by atoms with Crippen molar-refractivity contribution >= 4 is 11.8 Å². The fourth-order valence-corrected chi connectivity index (χ4v) is 3.29. The number of halogens is 2. The van der Waals surface area contributed by atoms with Crippen LogP contribution in [-0.2, 0) is 0 Å². The van der Waals surface area contributed by atoms with E-state index in [9.17, 15) is 8.78 Å². The van der Waals surface area contributed by atoms with E-state index in [0.717, 1.165) is 17.4 Å². The highest BCUT2D eigenvalue weighted by molar-refractivity contribution is 8.00. The molecule has 2 N–H and O–H groups in total. The third kappa shape index (κ3) is 2.51. The Hall–Kier alpha value is -1.59. The molecule has 2 aromatic rings. The molecule has 0 saturated carbocycles. The summed E-state index contributed by atoms with van der Waals surface area (Å²) in [6.07, 6.45) is 0. The summed E-state index contributed by atoms with van der Waals surface area (Å²) in [6, 6.07) is 11.3. The SMILES string of the molecule is NC1c2ccccc2OCC1Sc1ccc(F)c(F)c1. The summed E-state index contributed by atoms with van der Waals surface area (Å²) in [5.74, 6) is -0.897. The lowest BCUT2D eigenvalue weighted by molar-refractivity contribution is 0.276. The van der Waals surface area contributed by atoms with Crippen LogP contribution in [0, 0.1) is 11.6 Å². The maximum absolute atomic E-state index is 13.2. The van der Waals surface area contributed by atoms with Gasteiger partial charge in [-0.1, -0.05) is 18.2 Å². The van der Waals surface area contributed by atoms with E-state index in [1.165, 1.54) is 17.8 Å². The second-order valence-electron chi connectivity index (χ2n) is 4.61. The standard InChI is InChI=1S/C15H13F2NOS/c16-11-6-5-9(7-12(11)17)20-14-8-19-13-4-2-1-3-10(13)15(14)18/h1-7,14-15H,8,18H2. The van der Waals surface area contributed by atoms with Gasteiger partial charge in [-0.2, -0.15) is 0 Å². The van der Waals surface area contributed by atoms with Crippen LogP contribution in [0.25, 0.3) is 0 Å². The zero-order valence-electron chi connectivity index (χ0n) is 10.6. The molecule has 1 aliphatic heterocycles. The molecule has 104 valence electrons. The molecule has 0 radical (unpaired) electrons. The van der Waals surface area contributed by atoms with Crippen molar-refractivity contribution in [2.24, 2.45) is 5.73 Å². The first-order valence-corrected chi connectivity index (χ1v) is 7.12. The van der Waals surface area contributed by atoms with Gasteiger partial charge in [0.2, 0.25) is 0 Å². The Morgan fingerprint density at radius 2 is 1.90 bits per heavy atom. The summed E-state index contributed by atoms with van der Waals surface area (Å²) in [5, 5.41) is -0.0326. The molecule has 2 aromatic carbocycles. The number of para-hydroxylation sites is 1. The molecule has 0 saturated heterocycles. The van der Waals surface area contributed by atoms with Gasteiger partial charge in [0.15, 0.2) is 11.6 Å². The summed E-state index contributed by atoms with van der Waals surface area (Å²) in [4.78, 5) is 0.646. The minimum absolute atomic E-state index is 0.0326. The summed E-state index contributed by atoms with van der Waals surface area (Å²) in [7, 11) is 0. The Bertz CT molecular complexity index is 635. The monoisotopic (exact) mass is 293 g/mol. The van der Waals surface area contributed by atoms with Gasteiger partial charge in [0, 0.05) is 16.5 Å². The summed E-state index contributed by atoms with van der Waals surface area (Å²) in [6.45, 7) is 0.446. The first kappa shape index (κ1) is 13.4. The zero-order chi connectivity index (χ0) is 14.1. The Balaban J connectivity index is 1.81. The molecule has 20 heavy (non-hydrogen) atoms. The molecule has 0 spiro atoms. The second-order valence-corrected chi connectivity index (χ2v) is 5.92. The maximum Gasteiger partial charge on any atom is 0.159 e. The van der Waals surface area contributed by atoms with E-state index in [4.69, 9.17) is 10.5 Å². The quantitative estimate of drug-likeness (QED) is 0.920. The fraction of sp³-hybridized carbons (Fsp3) is 0.200. The largest absolute Gasteiger partial charge is 0.492 e. The topological polar surface area (TPSA) is 35.2 Å².